The molecule has 0 aromatic carbocycles. The highest BCUT2D eigenvalue weighted by Crippen LogP contribution is 2.16. The van der Waals surface area contributed by atoms with Crippen LogP contribution >= 0.6 is 0 Å². The lowest BCUT2D eigenvalue weighted by molar-refractivity contribution is 0.317. The summed E-state index contributed by atoms with van der Waals surface area (Å²) in [5.74, 6) is 0.735. The lowest BCUT2D eigenvalue weighted by atomic mass is 9.91. The Morgan fingerprint density at radius 3 is 2.58 bits per heavy atom. The summed E-state index contributed by atoms with van der Waals surface area (Å²) in [5, 5.41) is 3.55. The zero-order chi connectivity index (χ0) is 8.97. The highest BCUT2D eigenvalue weighted by molar-refractivity contribution is 4.83. The Hall–Kier alpha value is -0.0800. The summed E-state index contributed by atoms with van der Waals surface area (Å²) in [7, 11) is 0. The molecule has 0 heterocycles. The highest BCUT2D eigenvalue weighted by atomic mass is 15.0. The largest absolute Gasteiger partial charge is 0.326 e. The Kier molecular flexibility index (Phi) is 4.02. The lowest BCUT2D eigenvalue weighted by Crippen LogP contribution is -2.48. The molecule has 0 aromatic heterocycles. The van der Waals surface area contributed by atoms with Crippen molar-refractivity contribution in [3.8, 4) is 0 Å². The summed E-state index contributed by atoms with van der Waals surface area (Å²) in [6.45, 7) is 5.58. The van der Waals surface area contributed by atoms with Crippen LogP contribution in [0.1, 0.15) is 39.5 Å². The Bertz CT molecular complexity index is 123. The first-order chi connectivity index (χ1) is 5.70. The molecule has 0 unspecified atom stereocenters. The molecule has 0 bridgehead atoms. The van der Waals surface area contributed by atoms with Crippen molar-refractivity contribution in [1.82, 2.24) is 5.32 Å². The number of nitrogens with two attached hydrogens (primary N) is 1. The molecule has 1 rings (SSSR count). The topological polar surface area (TPSA) is 38.0 Å². The van der Waals surface area contributed by atoms with Gasteiger partial charge in [-0.05, 0) is 25.3 Å². The van der Waals surface area contributed by atoms with Gasteiger partial charge in [-0.15, -0.1) is 0 Å². The molecule has 1 saturated carbocycles. The van der Waals surface area contributed by atoms with Crippen LogP contribution in [-0.4, -0.2) is 18.6 Å². The minimum atomic E-state index is 0.400. The summed E-state index contributed by atoms with van der Waals surface area (Å²) < 4.78 is 0. The molecule has 0 spiro atoms. The van der Waals surface area contributed by atoms with Crippen LogP contribution in [0.15, 0.2) is 0 Å². The zero-order valence-corrected chi connectivity index (χ0v) is 8.34. The third kappa shape index (κ3) is 3.11. The average molecular weight is 170 g/mol. The first-order valence-corrected chi connectivity index (χ1v) is 5.19. The Morgan fingerprint density at radius 2 is 2.00 bits per heavy atom. The van der Waals surface area contributed by atoms with Crippen LogP contribution in [0.25, 0.3) is 0 Å². The first kappa shape index (κ1) is 10.0. The zero-order valence-electron chi connectivity index (χ0n) is 8.34. The van der Waals surface area contributed by atoms with E-state index in [1.54, 1.807) is 0 Å². The highest BCUT2D eigenvalue weighted by Gasteiger charge is 2.20. The molecule has 0 aliphatic heterocycles. The standard InChI is InChI=1S/C10H22N2/c1-8(2)7-12-10-6-4-3-5-9(10)11/h8-10,12H,3-7,11H2,1-2H3/t9-,10-/m0/s1. The van der Waals surface area contributed by atoms with Crippen LogP contribution in [0.4, 0.5) is 0 Å². The number of rotatable bonds is 3. The van der Waals surface area contributed by atoms with Gasteiger partial charge in [0.1, 0.15) is 0 Å². The van der Waals surface area contributed by atoms with Crippen LogP contribution in [-0.2, 0) is 0 Å². The van der Waals surface area contributed by atoms with Crippen molar-refractivity contribution < 1.29 is 0 Å². The molecule has 2 atom stereocenters. The molecule has 1 fully saturated rings. The molecule has 0 aromatic rings. The Labute approximate surface area is 75.9 Å². The number of nitrogens with one attached hydrogen (secondary N) is 1. The van der Waals surface area contributed by atoms with Gasteiger partial charge in [0.05, 0.1) is 0 Å². The number of hydrogen-bond acceptors (Lipinski definition) is 2. The molecule has 1 aliphatic carbocycles. The average Bonchev–Trinajstić information content (AvgIpc) is 2.03. The molecule has 12 heavy (non-hydrogen) atoms. The van der Waals surface area contributed by atoms with Gasteiger partial charge in [0.25, 0.3) is 0 Å². The van der Waals surface area contributed by atoms with Crippen LogP contribution in [0.5, 0.6) is 0 Å². The molecule has 0 saturated heterocycles. The maximum absolute atomic E-state index is 6.00. The van der Waals surface area contributed by atoms with E-state index in [4.69, 9.17) is 5.73 Å². The molecular formula is C10H22N2. The first-order valence-electron chi connectivity index (χ1n) is 5.19. The third-order valence-corrected chi connectivity index (χ3v) is 2.61. The predicted octanol–water partition coefficient (Wildman–Crippen LogP) is 1.50. The van der Waals surface area contributed by atoms with Crippen molar-refractivity contribution in [2.24, 2.45) is 11.7 Å². The van der Waals surface area contributed by atoms with Crippen molar-refractivity contribution in [3.63, 3.8) is 0 Å². The predicted molar refractivity (Wildman–Crippen MR) is 53.1 cm³/mol. The van der Waals surface area contributed by atoms with E-state index in [9.17, 15) is 0 Å². The van der Waals surface area contributed by atoms with Gasteiger partial charge >= 0.3 is 0 Å². The molecule has 72 valence electrons. The van der Waals surface area contributed by atoms with Gasteiger partial charge in [-0.1, -0.05) is 26.7 Å². The second-order valence-electron chi connectivity index (χ2n) is 4.36. The molecule has 0 radical (unpaired) electrons. The van der Waals surface area contributed by atoms with E-state index in [1.807, 2.05) is 0 Å². The van der Waals surface area contributed by atoms with E-state index >= 15 is 0 Å². The van der Waals surface area contributed by atoms with E-state index in [1.165, 1.54) is 25.7 Å². The van der Waals surface area contributed by atoms with Gasteiger partial charge in [-0.25, -0.2) is 0 Å². The maximum Gasteiger partial charge on any atom is 0.0219 e. The molecule has 3 N–H and O–H groups in total. The van der Waals surface area contributed by atoms with E-state index in [2.05, 4.69) is 19.2 Å². The molecular weight excluding hydrogens is 148 g/mol. The van der Waals surface area contributed by atoms with E-state index < -0.39 is 0 Å². The van der Waals surface area contributed by atoms with Crippen LogP contribution < -0.4 is 11.1 Å². The summed E-state index contributed by atoms with van der Waals surface area (Å²) in [6, 6.07) is 0.985. The second kappa shape index (κ2) is 4.83. The van der Waals surface area contributed by atoms with Crippen LogP contribution in [0.2, 0.25) is 0 Å². The van der Waals surface area contributed by atoms with Crippen molar-refractivity contribution in [1.29, 1.82) is 0 Å². The Balaban J connectivity index is 2.20. The van der Waals surface area contributed by atoms with Gasteiger partial charge in [-0.2, -0.15) is 0 Å². The normalized spacial score (nSPS) is 31.0. The fourth-order valence-electron chi connectivity index (χ4n) is 1.80. The minimum absolute atomic E-state index is 0.400. The van der Waals surface area contributed by atoms with Gasteiger partial charge in [0.15, 0.2) is 0 Å². The van der Waals surface area contributed by atoms with Gasteiger partial charge in [-0.3, -0.25) is 0 Å². The summed E-state index contributed by atoms with van der Waals surface area (Å²) >= 11 is 0. The fraction of sp³-hybridized carbons (Fsp3) is 1.00. The number of hydrogen-bond donors (Lipinski definition) is 2. The lowest BCUT2D eigenvalue weighted by Gasteiger charge is -2.30. The second-order valence-corrected chi connectivity index (χ2v) is 4.36. The summed E-state index contributed by atoms with van der Waals surface area (Å²) in [4.78, 5) is 0. The fourth-order valence-corrected chi connectivity index (χ4v) is 1.80. The SMILES string of the molecule is CC(C)CN[C@H]1CCCC[C@@H]1N. The summed E-state index contributed by atoms with van der Waals surface area (Å²) in [6.07, 6.45) is 5.15. The monoisotopic (exact) mass is 170 g/mol. The van der Waals surface area contributed by atoms with Gasteiger partial charge in [0, 0.05) is 12.1 Å². The van der Waals surface area contributed by atoms with E-state index in [0.29, 0.717) is 12.1 Å². The van der Waals surface area contributed by atoms with Crippen LogP contribution in [0.3, 0.4) is 0 Å². The third-order valence-electron chi connectivity index (χ3n) is 2.61. The van der Waals surface area contributed by atoms with E-state index in [0.717, 1.165) is 12.5 Å². The molecule has 1 aliphatic rings. The molecule has 2 heteroatoms. The van der Waals surface area contributed by atoms with Crippen LogP contribution in [0, 0.1) is 5.92 Å². The van der Waals surface area contributed by atoms with Crippen molar-refractivity contribution in [2.45, 2.75) is 51.6 Å². The Morgan fingerprint density at radius 1 is 1.33 bits per heavy atom. The molecule has 2 nitrogen and oxygen atoms in total. The van der Waals surface area contributed by atoms with Gasteiger partial charge < -0.3 is 11.1 Å². The van der Waals surface area contributed by atoms with Crippen molar-refractivity contribution >= 4 is 0 Å². The quantitative estimate of drug-likeness (QED) is 0.673. The smallest absolute Gasteiger partial charge is 0.0219 e. The van der Waals surface area contributed by atoms with Crippen molar-refractivity contribution in [3.05, 3.63) is 0 Å². The van der Waals surface area contributed by atoms with E-state index in [-0.39, 0.29) is 0 Å². The maximum atomic E-state index is 6.00. The van der Waals surface area contributed by atoms with Gasteiger partial charge in [0.2, 0.25) is 0 Å². The summed E-state index contributed by atoms with van der Waals surface area (Å²) in [5.41, 5.74) is 6.00. The minimum Gasteiger partial charge on any atom is -0.326 e. The van der Waals surface area contributed by atoms with Crippen molar-refractivity contribution in [2.75, 3.05) is 6.54 Å². The molecule has 0 amide bonds.